The first-order valence-electron chi connectivity index (χ1n) is 13.2. The molecule has 14 nitrogen and oxygen atoms in total. The molecule has 5 rings (SSSR count). The van der Waals surface area contributed by atoms with Crippen molar-refractivity contribution in [1.82, 2.24) is 29.8 Å². The number of halogens is 1. The van der Waals surface area contributed by atoms with E-state index in [-0.39, 0.29) is 29.8 Å². The number of anilines is 4. The van der Waals surface area contributed by atoms with E-state index in [1.165, 1.54) is 17.8 Å². The predicted octanol–water partition coefficient (Wildman–Crippen LogP) is 2.33. The van der Waals surface area contributed by atoms with Crippen molar-refractivity contribution in [2.45, 2.75) is 31.5 Å². The number of rotatable bonds is 8. The molecule has 1 amide bonds. The van der Waals surface area contributed by atoms with E-state index >= 15 is 0 Å². The molecule has 4 heterocycles. The van der Waals surface area contributed by atoms with Gasteiger partial charge >= 0.3 is 6.09 Å². The summed E-state index contributed by atoms with van der Waals surface area (Å²) < 4.78 is 11.7. The summed E-state index contributed by atoms with van der Waals surface area (Å²) in [6.45, 7) is 4.89. The van der Waals surface area contributed by atoms with Crippen LogP contribution in [0.25, 0.3) is 5.65 Å². The van der Waals surface area contributed by atoms with Crippen LogP contribution >= 0.6 is 11.6 Å². The van der Waals surface area contributed by atoms with Crippen LogP contribution in [0.3, 0.4) is 0 Å². The van der Waals surface area contributed by atoms with Crippen LogP contribution in [0, 0.1) is 22.7 Å². The molecule has 3 N–H and O–H groups in total. The van der Waals surface area contributed by atoms with Crippen molar-refractivity contribution in [3.8, 4) is 12.1 Å². The number of nitrogens with one attached hydrogen (secondary N) is 3. The molecule has 2 aliphatic heterocycles. The van der Waals surface area contributed by atoms with Crippen LogP contribution in [-0.2, 0) is 9.47 Å². The molecule has 0 bridgehead atoms. The SMILES string of the molecule is CCNc1nc(Nc2cc(C#N)cc(N3CC[C@@H](NC(=O)OC)[C@@H](N(C)C4COC4)C3)c2Cl)nn2c(C#N)cnc12. The number of aromatic nitrogens is 4. The molecule has 2 aromatic heterocycles. The third-order valence-corrected chi connectivity index (χ3v) is 7.78. The number of carbonyl (C=O) groups is 1. The molecule has 0 aliphatic carbocycles. The summed E-state index contributed by atoms with van der Waals surface area (Å²) in [7, 11) is 3.37. The Balaban J connectivity index is 1.47. The van der Waals surface area contributed by atoms with Crippen molar-refractivity contribution >= 4 is 46.5 Å². The first-order valence-corrected chi connectivity index (χ1v) is 13.5. The normalized spacial score (nSPS) is 18.9. The Bertz CT molecular complexity index is 1530. The molecule has 214 valence electrons. The number of nitrogens with zero attached hydrogens (tertiary/aromatic N) is 8. The van der Waals surface area contributed by atoms with Crippen molar-refractivity contribution in [3.63, 3.8) is 0 Å². The maximum absolute atomic E-state index is 12.1. The van der Waals surface area contributed by atoms with Gasteiger partial charge in [-0.3, -0.25) is 4.90 Å². The number of nitriles is 2. The number of fused-ring (bicyclic) bond motifs is 1. The summed E-state index contributed by atoms with van der Waals surface area (Å²) in [6, 6.07) is 7.70. The van der Waals surface area contributed by atoms with E-state index in [1.54, 1.807) is 12.1 Å². The van der Waals surface area contributed by atoms with E-state index < -0.39 is 6.09 Å². The van der Waals surface area contributed by atoms with E-state index in [4.69, 9.17) is 21.1 Å². The van der Waals surface area contributed by atoms with Gasteiger partial charge in [0.1, 0.15) is 6.07 Å². The lowest BCUT2D eigenvalue weighted by Crippen LogP contribution is -2.64. The standard InChI is InChI=1S/C26H30ClN11O3/c1-4-30-23-24-31-11-16(10-29)38(24)35-25(34-23)32-19-7-15(9-28)8-20(22(19)27)37-6-5-18(33-26(39)40-3)21(12-37)36(2)17-13-41-14-17/h7-8,11,17-18,21H,4-6,12-14H2,1-3H3,(H,33,39)(H2,30,32,34,35)/t18-,21+/m1/s1. The number of hydrogen-bond donors (Lipinski definition) is 3. The number of piperidine rings is 1. The fraction of sp³-hybridized carbons (Fsp3) is 0.462. The topological polar surface area (TPSA) is 169 Å². The van der Waals surface area contributed by atoms with E-state index in [1.807, 2.05) is 14.0 Å². The van der Waals surface area contributed by atoms with Gasteiger partial charge in [0.2, 0.25) is 5.95 Å². The minimum atomic E-state index is -0.478. The molecular formula is C26H30ClN11O3. The summed E-state index contributed by atoms with van der Waals surface area (Å²) in [4.78, 5) is 25.2. The van der Waals surface area contributed by atoms with Gasteiger partial charge in [-0.25, -0.2) is 9.78 Å². The van der Waals surface area contributed by atoms with Crippen LogP contribution in [0.5, 0.6) is 0 Å². The Hall–Kier alpha value is -4.37. The minimum absolute atomic E-state index is 0.0611. The Labute approximate surface area is 241 Å². The lowest BCUT2D eigenvalue weighted by molar-refractivity contribution is -0.0740. The molecule has 2 atom stereocenters. The van der Waals surface area contributed by atoms with E-state index in [0.29, 0.717) is 72.7 Å². The van der Waals surface area contributed by atoms with Crippen LogP contribution in [0.4, 0.5) is 27.9 Å². The number of carbonyl (C=O) groups excluding carboxylic acids is 1. The van der Waals surface area contributed by atoms with Crippen molar-refractivity contribution in [1.29, 1.82) is 10.5 Å². The first-order chi connectivity index (χ1) is 19.9. The zero-order chi connectivity index (χ0) is 29.1. The van der Waals surface area contributed by atoms with Crippen LogP contribution in [0.1, 0.15) is 24.6 Å². The second kappa shape index (κ2) is 12.0. The zero-order valence-electron chi connectivity index (χ0n) is 22.9. The average molecular weight is 580 g/mol. The van der Waals surface area contributed by atoms with Gasteiger partial charge in [-0.15, -0.1) is 5.10 Å². The second-order valence-electron chi connectivity index (χ2n) is 9.80. The number of likely N-dealkylation sites (N-methyl/N-ethyl adjacent to an activating group) is 1. The summed E-state index contributed by atoms with van der Waals surface area (Å²) in [5.41, 5.74) is 2.17. The second-order valence-corrected chi connectivity index (χ2v) is 10.2. The molecule has 2 saturated heterocycles. The van der Waals surface area contributed by atoms with Gasteiger partial charge in [-0.05, 0) is 32.5 Å². The molecule has 15 heteroatoms. The lowest BCUT2D eigenvalue weighted by atomic mass is 9.95. The van der Waals surface area contributed by atoms with E-state index in [0.717, 1.165) is 0 Å². The molecule has 2 aliphatic rings. The summed E-state index contributed by atoms with van der Waals surface area (Å²) in [5, 5.41) is 33.4. The van der Waals surface area contributed by atoms with Crippen molar-refractivity contribution in [2.75, 3.05) is 62.5 Å². The van der Waals surface area contributed by atoms with Crippen LogP contribution in [0.2, 0.25) is 5.02 Å². The molecule has 0 spiro atoms. The average Bonchev–Trinajstić information content (AvgIpc) is 3.36. The number of methoxy groups -OCH3 is 1. The van der Waals surface area contributed by atoms with Gasteiger partial charge in [0.15, 0.2) is 17.2 Å². The molecule has 0 saturated carbocycles. The van der Waals surface area contributed by atoms with Crippen LogP contribution in [-0.4, -0.2) is 95.7 Å². The smallest absolute Gasteiger partial charge is 0.407 e. The molecule has 3 aromatic rings. The fourth-order valence-electron chi connectivity index (χ4n) is 5.08. The van der Waals surface area contributed by atoms with Crippen molar-refractivity contribution in [2.24, 2.45) is 0 Å². The summed E-state index contributed by atoms with van der Waals surface area (Å²) in [5.74, 6) is 0.625. The third-order valence-electron chi connectivity index (χ3n) is 7.38. The monoisotopic (exact) mass is 579 g/mol. The number of imidazole rings is 1. The van der Waals surface area contributed by atoms with Gasteiger partial charge in [0, 0.05) is 25.7 Å². The minimum Gasteiger partial charge on any atom is -0.453 e. The van der Waals surface area contributed by atoms with Gasteiger partial charge in [-0.2, -0.15) is 20.0 Å². The largest absolute Gasteiger partial charge is 0.453 e. The molecular weight excluding hydrogens is 550 g/mol. The number of hydrogen-bond acceptors (Lipinski definition) is 12. The lowest BCUT2D eigenvalue weighted by Gasteiger charge is -2.48. The van der Waals surface area contributed by atoms with Gasteiger partial charge in [0.25, 0.3) is 0 Å². The molecule has 1 aromatic carbocycles. The zero-order valence-corrected chi connectivity index (χ0v) is 23.6. The molecule has 0 radical (unpaired) electrons. The molecule has 0 unspecified atom stereocenters. The highest BCUT2D eigenvalue weighted by atomic mass is 35.5. The highest BCUT2D eigenvalue weighted by Crippen LogP contribution is 2.38. The quantitative estimate of drug-likeness (QED) is 0.356. The maximum atomic E-state index is 12.1. The highest BCUT2D eigenvalue weighted by Gasteiger charge is 2.38. The molecule has 2 fully saturated rings. The highest BCUT2D eigenvalue weighted by molar-refractivity contribution is 6.36. The predicted molar refractivity (Wildman–Crippen MR) is 151 cm³/mol. The van der Waals surface area contributed by atoms with Crippen LogP contribution in [0.15, 0.2) is 18.3 Å². The number of benzene rings is 1. The third kappa shape index (κ3) is 5.63. The Morgan fingerprint density at radius 3 is 2.78 bits per heavy atom. The van der Waals surface area contributed by atoms with Crippen LogP contribution < -0.4 is 20.9 Å². The van der Waals surface area contributed by atoms with Gasteiger partial charge in [-0.1, -0.05) is 11.6 Å². The summed E-state index contributed by atoms with van der Waals surface area (Å²) in [6.07, 6.45) is 1.59. The van der Waals surface area contributed by atoms with Gasteiger partial charge in [0.05, 0.1) is 66.6 Å². The fourth-order valence-corrected chi connectivity index (χ4v) is 5.36. The Morgan fingerprint density at radius 1 is 1.32 bits per heavy atom. The number of amides is 1. The molecule has 41 heavy (non-hydrogen) atoms. The van der Waals surface area contributed by atoms with Crippen molar-refractivity contribution in [3.05, 3.63) is 34.6 Å². The van der Waals surface area contributed by atoms with E-state index in [9.17, 15) is 15.3 Å². The van der Waals surface area contributed by atoms with Crippen molar-refractivity contribution < 1.29 is 14.3 Å². The summed E-state index contributed by atoms with van der Waals surface area (Å²) >= 11 is 6.97. The first kappa shape index (κ1) is 28.2. The Kier molecular flexibility index (Phi) is 8.26. The van der Waals surface area contributed by atoms with Gasteiger partial charge < -0.3 is 30.3 Å². The maximum Gasteiger partial charge on any atom is 0.407 e. The Morgan fingerprint density at radius 2 is 2.12 bits per heavy atom. The van der Waals surface area contributed by atoms with E-state index in [2.05, 4.69) is 53.0 Å². The number of ether oxygens (including phenoxy) is 2. The number of alkyl carbamates (subject to hydrolysis) is 1.